The molecule has 2 aromatic heterocycles. The van der Waals surface area contributed by atoms with E-state index in [-0.39, 0.29) is 24.3 Å². The molecule has 34 heavy (non-hydrogen) atoms. The van der Waals surface area contributed by atoms with E-state index in [0.717, 1.165) is 24.1 Å². The summed E-state index contributed by atoms with van der Waals surface area (Å²) in [6.45, 7) is 13.5. The molecule has 186 valence electrons. The van der Waals surface area contributed by atoms with Crippen LogP contribution < -0.4 is 5.32 Å². The van der Waals surface area contributed by atoms with Gasteiger partial charge in [-0.2, -0.15) is 14.6 Å². The molecule has 2 aliphatic heterocycles. The maximum Gasteiger partial charge on any atom is 0.410 e. The van der Waals surface area contributed by atoms with Crippen LogP contribution in [0.4, 0.5) is 15.5 Å². The van der Waals surface area contributed by atoms with Crippen LogP contribution in [0, 0.1) is 6.92 Å². The second-order valence-corrected chi connectivity index (χ2v) is 10.4. The monoisotopic (exact) mass is 473 g/mol. The van der Waals surface area contributed by atoms with Gasteiger partial charge in [0.15, 0.2) is 5.65 Å². The van der Waals surface area contributed by atoms with Gasteiger partial charge in [-0.25, -0.2) is 14.6 Å². The first-order valence-corrected chi connectivity index (χ1v) is 11.9. The molecule has 2 amide bonds. The smallest absolute Gasteiger partial charge is 0.410 e. The zero-order valence-electron chi connectivity index (χ0n) is 20.9. The number of nitrogens with one attached hydrogen (secondary N) is 1. The quantitative estimate of drug-likeness (QED) is 0.720. The minimum absolute atomic E-state index is 0.166. The van der Waals surface area contributed by atoms with Crippen LogP contribution >= 0.6 is 0 Å². The van der Waals surface area contributed by atoms with Crippen molar-refractivity contribution >= 4 is 23.8 Å². The molecular formula is C23H35N7O4. The molecular weight excluding hydrogens is 438 g/mol. The molecule has 11 heteroatoms. The molecule has 0 aromatic carbocycles. The van der Waals surface area contributed by atoms with Crippen molar-refractivity contribution < 1.29 is 19.1 Å². The fraction of sp³-hybridized carbons (Fsp3) is 0.696. The number of amides is 2. The Bertz CT molecular complexity index is 1050. The van der Waals surface area contributed by atoms with E-state index >= 15 is 0 Å². The van der Waals surface area contributed by atoms with E-state index in [1.165, 1.54) is 0 Å². The lowest BCUT2D eigenvalue weighted by Crippen LogP contribution is -2.57. The molecule has 2 saturated heterocycles. The Labute approximate surface area is 199 Å². The fourth-order valence-corrected chi connectivity index (χ4v) is 4.10. The average Bonchev–Trinajstić information content (AvgIpc) is 3.13. The van der Waals surface area contributed by atoms with Gasteiger partial charge in [-0.3, -0.25) is 0 Å². The number of aromatic nitrogens is 4. The summed E-state index contributed by atoms with van der Waals surface area (Å²) in [6, 6.07) is 0.166. The maximum atomic E-state index is 12.6. The molecule has 0 bridgehead atoms. The number of carbonyl (C=O) groups excluding carboxylic acids is 2. The van der Waals surface area contributed by atoms with Crippen molar-refractivity contribution in [3.63, 3.8) is 0 Å². The molecule has 4 rings (SSSR count). The van der Waals surface area contributed by atoms with Crippen molar-refractivity contribution in [2.75, 3.05) is 31.5 Å². The number of piperidine rings is 1. The Morgan fingerprint density at radius 1 is 1.09 bits per heavy atom. The van der Waals surface area contributed by atoms with Crippen LogP contribution in [-0.2, 0) is 9.47 Å². The fourth-order valence-electron chi connectivity index (χ4n) is 4.10. The first kappa shape index (κ1) is 24.0. The van der Waals surface area contributed by atoms with Crippen molar-refractivity contribution in [2.45, 2.75) is 78.0 Å². The minimum atomic E-state index is -0.540. The highest BCUT2D eigenvalue weighted by atomic mass is 16.6. The predicted molar refractivity (Wildman–Crippen MR) is 126 cm³/mol. The summed E-state index contributed by atoms with van der Waals surface area (Å²) >= 11 is 0. The molecule has 2 fully saturated rings. The largest absolute Gasteiger partial charge is 0.444 e. The number of hydrogen-bond donors (Lipinski definition) is 1. The summed E-state index contributed by atoms with van der Waals surface area (Å²) in [6.07, 6.45) is 2.39. The van der Waals surface area contributed by atoms with Gasteiger partial charge in [-0.05, 0) is 46.5 Å². The van der Waals surface area contributed by atoms with Gasteiger partial charge < -0.3 is 24.6 Å². The molecule has 0 radical (unpaired) electrons. The van der Waals surface area contributed by atoms with Crippen LogP contribution in [-0.4, -0.2) is 85.5 Å². The van der Waals surface area contributed by atoms with Gasteiger partial charge >= 0.3 is 12.2 Å². The number of aryl methyl sites for hydroxylation is 1. The molecule has 0 aliphatic carbocycles. The van der Waals surface area contributed by atoms with Gasteiger partial charge in [0.05, 0.1) is 19.3 Å². The lowest BCUT2D eigenvalue weighted by atomic mass is 10.1. The van der Waals surface area contributed by atoms with Crippen molar-refractivity contribution in [1.82, 2.24) is 29.4 Å². The van der Waals surface area contributed by atoms with E-state index in [2.05, 4.69) is 34.2 Å². The van der Waals surface area contributed by atoms with Crippen LogP contribution in [0.3, 0.4) is 0 Å². The molecule has 0 spiro atoms. The zero-order chi connectivity index (χ0) is 24.6. The van der Waals surface area contributed by atoms with E-state index in [0.29, 0.717) is 43.9 Å². The van der Waals surface area contributed by atoms with E-state index < -0.39 is 5.60 Å². The lowest BCUT2D eigenvalue weighted by Gasteiger charge is -2.40. The predicted octanol–water partition coefficient (Wildman–Crippen LogP) is 3.19. The number of nitrogens with zero attached hydrogens (tertiary/aromatic N) is 6. The zero-order valence-corrected chi connectivity index (χ0v) is 20.9. The number of anilines is 1. The van der Waals surface area contributed by atoms with E-state index in [1.54, 1.807) is 14.3 Å². The first-order chi connectivity index (χ1) is 16.0. The molecule has 2 aliphatic rings. The third-order valence-electron chi connectivity index (χ3n) is 5.98. The van der Waals surface area contributed by atoms with Gasteiger partial charge in [0.2, 0.25) is 5.95 Å². The Balaban J connectivity index is 1.26. The summed E-state index contributed by atoms with van der Waals surface area (Å²) in [4.78, 5) is 37.0. The second kappa shape index (κ2) is 9.27. The maximum absolute atomic E-state index is 12.6. The number of fused-ring (bicyclic) bond motifs is 1. The third kappa shape index (κ3) is 5.34. The molecule has 4 heterocycles. The molecule has 0 atom stereocenters. The number of rotatable bonds is 4. The second-order valence-electron chi connectivity index (χ2n) is 10.4. The van der Waals surface area contributed by atoms with Gasteiger partial charge in [0.1, 0.15) is 17.5 Å². The molecule has 0 unspecified atom stereocenters. The van der Waals surface area contributed by atoms with E-state index in [1.807, 2.05) is 33.9 Å². The van der Waals surface area contributed by atoms with Crippen LogP contribution in [0.5, 0.6) is 0 Å². The van der Waals surface area contributed by atoms with Crippen LogP contribution in [0.25, 0.3) is 5.65 Å². The molecule has 1 N–H and O–H groups in total. The highest BCUT2D eigenvalue weighted by molar-refractivity contribution is 5.71. The highest BCUT2D eigenvalue weighted by Gasteiger charge is 2.37. The van der Waals surface area contributed by atoms with Gasteiger partial charge in [0, 0.05) is 24.7 Å². The summed E-state index contributed by atoms with van der Waals surface area (Å²) in [5, 5.41) is 7.97. The van der Waals surface area contributed by atoms with E-state index in [9.17, 15) is 9.59 Å². The average molecular weight is 474 g/mol. The van der Waals surface area contributed by atoms with Crippen molar-refractivity contribution in [2.24, 2.45) is 0 Å². The minimum Gasteiger partial charge on any atom is -0.444 e. The van der Waals surface area contributed by atoms with Crippen molar-refractivity contribution in [3.8, 4) is 0 Å². The Kier molecular flexibility index (Phi) is 6.55. The summed E-state index contributed by atoms with van der Waals surface area (Å²) < 4.78 is 12.7. The van der Waals surface area contributed by atoms with E-state index in [4.69, 9.17) is 9.47 Å². The van der Waals surface area contributed by atoms with Crippen molar-refractivity contribution in [3.05, 3.63) is 17.6 Å². The number of hydrogen-bond acceptors (Lipinski definition) is 8. The summed E-state index contributed by atoms with van der Waals surface area (Å²) in [7, 11) is 0. The Morgan fingerprint density at radius 2 is 1.76 bits per heavy atom. The highest BCUT2D eigenvalue weighted by Crippen LogP contribution is 2.23. The SMILES string of the molecule is Cc1nc(NC2CCN(C(=O)OC3CN(C(=O)OC(C)(C)C)C3)CC2)n2ncc(C(C)C)c2n1. The molecule has 0 saturated carbocycles. The van der Waals surface area contributed by atoms with Gasteiger partial charge in [-0.15, -0.1) is 0 Å². The number of carbonyl (C=O) groups is 2. The topological polar surface area (TPSA) is 114 Å². The lowest BCUT2D eigenvalue weighted by molar-refractivity contribution is -0.0446. The first-order valence-electron chi connectivity index (χ1n) is 11.9. The molecule has 2 aromatic rings. The normalized spacial score (nSPS) is 17.7. The van der Waals surface area contributed by atoms with Crippen LogP contribution in [0.1, 0.15) is 64.8 Å². The standard InChI is InChI=1S/C23H35N7O4/c1-14(2)18-11-24-30-19(18)25-15(3)26-20(30)27-16-7-9-28(10-8-16)21(31)33-17-12-29(13-17)22(32)34-23(4,5)6/h11,14,16-17H,7-10,12-13H2,1-6H3,(H,25,26,27). The number of ether oxygens (including phenoxy) is 2. The van der Waals surface area contributed by atoms with Gasteiger partial charge in [0.25, 0.3) is 0 Å². The summed E-state index contributed by atoms with van der Waals surface area (Å²) in [5.41, 5.74) is 1.38. The van der Waals surface area contributed by atoms with Crippen LogP contribution in [0.2, 0.25) is 0 Å². The number of likely N-dealkylation sites (tertiary alicyclic amines) is 2. The van der Waals surface area contributed by atoms with Crippen molar-refractivity contribution in [1.29, 1.82) is 0 Å². The molecule has 11 nitrogen and oxygen atoms in total. The van der Waals surface area contributed by atoms with Crippen LogP contribution in [0.15, 0.2) is 6.20 Å². The Hall–Kier alpha value is -3.11. The Morgan fingerprint density at radius 3 is 2.38 bits per heavy atom. The third-order valence-corrected chi connectivity index (χ3v) is 5.98. The summed E-state index contributed by atoms with van der Waals surface area (Å²) in [5.74, 6) is 1.69. The van der Waals surface area contributed by atoms with Gasteiger partial charge in [-0.1, -0.05) is 13.8 Å².